The maximum Gasteiger partial charge on any atom is 0.0880 e. The van der Waals surface area contributed by atoms with E-state index in [0.717, 1.165) is 11.3 Å². The number of thioether (sulfide) groups is 1. The van der Waals surface area contributed by atoms with Crippen molar-refractivity contribution in [1.82, 2.24) is 0 Å². The monoisotopic (exact) mass is 210 g/mol. The van der Waals surface area contributed by atoms with E-state index in [4.69, 9.17) is 0 Å². The van der Waals surface area contributed by atoms with Crippen molar-refractivity contribution in [3.05, 3.63) is 35.4 Å². The summed E-state index contributed by atoms with van der Waals surface area (Å²) in [4.78, 5) is 0. The van der Waals surface area contributed by atoms with E-state index < -0.39 is 0 Å². The molecule has 0 radical (unpaired) electrons. The first kappa shape index (κ1) is 11.6. The van der Waals surface area contributed by atoms with Crippen LogP contribution in [0.15, 0.2) is 24.3 Å². The summed E-state index contributed by atoms with van der Waals surface area (Å²) in [6.45, 7) is 4.35. The molecule has 0 aliphatic carbocycles. The van der Waals surface area contributed by atoms with E-state index in [0.29, 0.717) is 5.92 Å². The highest BCUT2D eigenvalue weighted by Gasteiger charge is 2.06. The van der Waals surface area contributed by atoms with E-state index in [1.54, 1.807) is 11.8 Å². The zero-order valence-electron chi connectivity index (χ0n) is 9.03. The molecule has 0 aliphatic heterocycles. The SMILES string of the molecule is CSCC(O)c1ccc(C(C)C)cc1. The number of hydrogen-bond donors (Lipinski definition) is 1. The fraction of sp³-hybridized carbons (Fsp3) is 0.500. The summed E-state index contributed by atoms with van der Waals surface area (Å²) in [6.07, 6.45) is 1.68. The van der Waals surface area contributed by atoms with Gasteiger partial charge in [0.2, 0.25) is 0 Å². The van der Waals surface area contributed by atoms with Crippen LogP contribution in [-0.2, 0) is 0 Å². The molecule has 0 saturated carbocycles. The molecule has 0 spiro atoms. The van der Waals surface area contributed by atoms with Gasteiger partial charge in [-0.1, -0.05) is 38.1 Å². The number of rotatable bonds is 4. The Bertz CT molecular complexity index is 266. The molecule has 1 N–H and O–H groups in total. The van der Waals surface area contributed by atoms with Crippen LogP contribution >= 0.6 is 11.8 Å². The summed E-state index contributed by atoms with van der Waals surface area (Å²) in [5.74, 6) is 1.32. The molecule has 0 heterocycles. The molecule has 0 bridgehead atoms. The molecule has 1 aromatic carbocycles. The fourth-order valence-electron chi connectivity index (χ4n) is 1.36. The first-order chi connectivity index (χ1) is 6.65. The zero-order valence-corrected chi connectivity index (χ0v) is 9.84. The number of aliphatic hydroxyl groups is 1. The van der Waals surface area contributed by atoms with Gasteiger partial charge in [-0.25, -0.2) is 0 Å². The third-order valence-electron chi connectivity index (χ3n) is 2.31. The van der Waals surface area contributed by atoms with Crippen molar-refractivity contribution in [3.8, 4) is 0 Å². The standard InChI is InChI=1S/C12H18OS/c1-9(2)10-4-6-11(7-5-10)12(13)8-14-3/h4-7,9,12-13H,8H2,1-3H3. The van der Waals surface area contributed by atoms with Gasteiger partial charge in [0.1, 0.15) is 0 Å². The summed E-state index contributed by atoms with van der Waals surface area (Å²) in [5.41, 5.74) is 2.34. The van der Waals surface area contributed by atoms with E-state index in [1.807, 2.05) is 18.4 Å². The lowest BCUT2D eigenvalue weighted by Gasteiger charge is -2.11. The fourth-order valence-corrected chi connectivity index (χ4v) is 1.87. The highest BCUT2D eigenvalue weighted by atomic mass is 32.2. The molecule has 1 rings (SSSR count). The van der Waals surface area contributed by atoms with Gasteiger partial charge in [-0.3, -0.25) is 0 Å². The topological polar surface area (TPSA) is 20.2 Å². The average Bonchev–Trinajstić information content (AvgIpc) is 2.18. The van der Waals surface area contributed by atoms with E-state index in [2.05, 4.69) is 26.0 Å². The lowest BCUT2D eigenvalue weighted by atomic mass is 10.0. The molecule has 2 heteroatoms. The Kier molecular flexibility index (Phi) is 4.49. The maximum atomic E-state index is 9.73. The van der Waals surface area contributed by atoms with Crippen molar-refractivity contribution in [2.75, 3.05) is 12.0 Å². The Labute approximate surface area is 90.5 Å². The van der Waals surface area contributed by atoms with Gasteiger partial charge in [-0.05, 0) is 23.3 Å². The van der Waals surface area contributed by atoms with E-state index in [-0.39, 0.29) is 6.10 Å². The highest BCUT2D eigenvalue weighted by molar-refractivity contribution is 7.98. The minimum Gasteiger partial charge on any atom is -0.388 e. The molecule has 0 saturated heterocycles. The van der Waals surface area contributed by atoms with Crippen molar-refractivity contribution >= 4 is 11.8 Å². The minimum absolute atomic E-state index is 0.328. The lowest BCUT2D eigenvalue weighted by molar-refractivity contribution is 0.204. The number of aliphatic hydroxyl groups excluding tert-OH is 1. The average molecular weight is 210 g/mol. The molecule has 1 atom stereocenters. The van der Waals surface area contributed by atoms with Gasteiger partial charge in [0.05, 0.1) is 6.10 Å². The third kappa shape index (κ3) is 3.03. The molecule has 1 nitrogen and oxygen atoms in total. The van der Waals surface area contributed by atoms with Gasteiger partial charge in [-0.2, -0.15) is 11.8 Å². The van der Waals surface area contributed by atoms with Gasteiger partial charge in [0.25, 0.3) is 0 Å². The van der Waals surface area contributed by atoms with Crippen LogP contribution in [0.4, 0.5) is 0 Å². The molecular formula is C12H18OS. The van der Waals surface area contributed by atoms with Gasteiger partial charge in [0, 0.05) is 5.75 Å². The van der Waals surface area contributed by atoms with Gasteiger partial charge >= 0.3 is 0 Å². The quantitative estimate of drug-likeness (QED) is 0.823. The Morgan fingerprint density at radius 2 is 1.64 bits per heavy atom. The van der Waals surface area contributed by atoms with Crippen molar-refractivity contribution in [2.45, 2.75) is 25.9 Å². The molecule has 78 valence electrons. The van der Waals surface area contributed by atoms with Crippen molar-refractivity contribution in [1.29, 1.82) is 0 Å². The smallest absolute Gasteiger partial charge is 0.0880 e. The van der Waals surface area contributed by atoms with Crippen LogP contribution in [0.2, 0.25) is 0 Å². The second-order valence-corrected chi connectivity index (χ2v) is 4.70. The summed E-state index contributed by atoms with van der Waals surface area (Å²) in [5, 5.41) is 9.73. The lowest BCUT2D eigenvalue weighted by Crippen LogP contribution is -2.00. The third-order valence-corrected chi connectivity index (χ3v) is 2.96. The second-order valence-electron chi connectivity index (χ2n) is 3.79. The largest absolute Gasteiger partial charge is 0.388 e. The van der Waals surface area contributed by atoms with Crippen molar-refractivity contribution in [2.24, 2.45) is 0 Å². The van der Waals surface area contributed by atoms with Gasteiger partial charge in [0.15, 0.2) is 0 Å². The number of benzene rings is 1. The van der Waals surface area contributed by atoms with Crippen LogP contribution < -0.4 is 0 Å². The van der Waals surface area contributed by atoms with Crippen LogP contribution in [0.3, 0.4) is 0 Å². The summed E-state index contributed by atoms with van der Waals surface area (Å²) in [7, 11) is 0. The maximum absolute atomic E-state index is 9.73. The predicted molar refractivity (Wildman–Crippen MR) is 63.9 cm³/mol. The summed E-state index contributed by atoms with van der Waals surface area (Å²) >= 11 is 1.67. The molecule has 0 amide bonds. The summed E-state index contributed by atoms with van der Waals surface area (Å²) < 4.78 is 0. The van der Waals surface area contributed by atoms with E-state index >= 15 is 0 Å². The van der Waals surface area contributed by atoms with Crippen LogP contribution in [-0.4, -0.2) is 17.1 Å². The van der Waals surface area contributed by atoms with Crippen molar-refractivity contribution < 1.29 is 5.11 Å². The molecule has 1 unspecified atom stereocenters. The second kappa shape index (κ2) is 5.42. The minimum atomic E-state index is -0.328. The Hall–Kier alpha value is -0.470. The summed E-state index contributed by atoms with van der Waals surface area (Å²) in [6, 6.07) is 8.25. The van der Waals surface area contributed by atoms with Gasteiger partial charge < -0.3 is 5.11 Å². The normalized spacial score (nSPS) is 13.2. The predicted octanol–water partition coefficient (Wildman–Crippen LogP) is 3.21. The first-order valence-corrected chi connectivity index (χ1v) is 6.31. The molecule has 0 aromatic heterocycles. The first-order valence-electron chi connectivity index (χ1n) is 4.92. The van der Waals surface area contributed by atoms with E-state index in [9.17, 15) is 5.11 Å². The van der Waals surface area contributed by atoms with Gasteiger partial charge in [-0.15, -0.1) is 0 Å². The van der Waals surface area contributed by atoms with Crippen molar-refractivity contribution in [3.63, 3.8) is 0 Å². The van der Waals surface area contributed by atoms with Crippen LogP contribution in [0.1, 0.15) is 37.0 Å². The Morgan fingerprint density at radius 1 is 1.14 bits per heavy atom. The zero-order chi connectivity index (χ0) is 10.6. The number of hydrogen-bond acceptors (Lipinski definition) is 2. The molecule has 0 aliphatic rings. The Morgan fingerprint density at radius 3 is 2.07 bits per heavy atom. The molecule has 0 fully saturated rings. The van der Waals surface area contributed by atoms with Crippen LogP contribution in [0.25, 0.3) is 0 Å². The Balaban J connectivity index is 2.72. The highest BCUT2D eigenvalue weighted by Crippen LogP contribution is 2.20. The molecular weight excluding hydrogens is 192 g/mol. The molecule has 1 aromatic rings. The molecule has 14 heavy (non-hydrogen) atoms. The van der Waals surface area contributed by atoms with E-state index in [1.165, 1.54) is 5.56 Å². The van der Waals surface area contributed by atoms with Crippen LogP contribution in [0.5, 0.6) is 0 Å². The van der Waals surface area contributed by atoms with Crippen LogP contribution in [0, 0.1) is 0 Å².